The third-order valence-electron chi connectivity index (χ3n) is 1.24. The Morgan fingerprint density at radius 3 is 2.75 bits per heavy atom. The van der Waals surface area contributed by atoms with Crippen LogP contribution < -0.4 is 16.4 Å². The van der Waals surface area contributed by atoms with Crippen LogP contribution in [0, 0.1) is 11.3 Å². The van der Waals surface area contributed by atoms with Gasteiger partial charge in [-0.3, -0.25) is 0 Å². The summed E-state index contributed by atoms with van der Waals surface area (Å²) in [7, 11) is 0. The van der Waals surface area contributed by atoms with Crippen molar-refractivity contribution < 1.29 is 4.79 Å². The van der Waals surface area contributed by atoms with E-state index in [0.717, 1.165) is 13.0 Å². The minimum absolute atomic E-state index is 0.506. The molecule has 0 aromatic rings. The summed E-state index contributed by atoms with van der Waals surface area (Å²) in [5.74, 6) is 0. The van der Waals surface area contributed by atoms with Crippen molar-refractivity contribution in [3.63, 3.8) is 0 Å². The fourth-order valence-corrected chi connectivity index (χ4v) is 0.692. The molecule has 4 N–H and O–H groups in total. The number of hydrogen-bond donors (Lipinski definition) is 3. The largest absolute Gasteiger partial charge is 0.352 e. The van der Waals surface area contributed by atoms with E-state index in [1.54, 1.807) is 0 Å². The molecule has 68 valence electrons. The molecule has 0 aliphatic heterocycles. The maximum Gasteiger partial charge on any atom is 0.312 e. The van der Waals surface area contributed by atoms with E-state index in [-0.39, 0.29) is 0 Å². The molecule has 0 fully saturated rings. The van der Waals surface area contributed by atoms with Crippen molar-refractivity contribution >= 4 is 6.03 Å². The molecule has 0 bridgehead atoms. The monoisotopic (exact) mass is 170 g/mol. The fourth-order valence-electron chi connectivity index (χ4n) is 0.692. The molecule has 0 saturated heterocycles. The smallest absolute Gasteiger partial charge is 0.312 e. The van der Waals surface area contributed by atoms with E-state index >= 15 is 0 Å². The van der Waals surface area contributed by atoms with E-state index in [2.05, 4.69) is 10.6 Å². The Bertz CT molecular complexity index is 163. The van der Waals surface area contributed by atoms with Crippen molar-refractivity contribution in [2.24, 2.45) is 5.73 Å². The minimum Gasteiger partial charge on any atom is -0.352 e. The number of primary amides is 1. The summed E-state index contributed by atoms with van der Waals surface area (Å²) in [5.41, 5.74) is 4.83. The molecular formula is C7H14N4O. The van der Waals surface area contributed by atoms with Crippen LogP contribution in [-0.4, -0.2) is 25.7 Å². The van der Waals surface area contributed by atoms with Crippen molar-refractivity contribution in [1.29, 1.82) is 5.26 Å². The van der Waals surface area contributed by atoms with Crippen LogP contribution in [0.4, 0.5) is 4.79 Å². The van der Waals surface area contributed by atoms with Crippen LogP contribution in [0.3, 0.4) is 0 Å². The zero-order chi connectivity index (χ0) is 9.23. The first-order valence-corrected chi connectivity index (χ1v) is 3.88. The van der Waals surface area contributed by atoms with E-state index in [4.69, 9.17) is 11.0 Å². The second kappa shape index (κ2) is 7.82. The number of nitrogens with zero attached hydrogens (tertiary/aromatic N) is 1. The second-order valence-electron chi connectivity index (χ2n) is 2.30. The highest BCUT2D eigenvalue weighted by Gasteiger charge is 1.90. The predicted molar refractivity (Wildman–Crippen MR) is 45.3 cm³/mol. The van der Waals surface area contributed by atoms with Crippen molar-refractivity contribution in [2.75, 3.05) is 19.6 Å². The van der Waals surface area contributed by atoms with Gasteiger partial charge < -0.3 is 16.4 Å². The molecular weight excluding hydrogens is 156 g/mol. The van der Waals surface area contributed by atoms with E-state index in [0.29, 0.717) is 19.5 Å². The molecule has 0 unspecified atom stereocenters. The first-order valence-electron chi connectivity index (χ1n) is 3.88. The number of carbonyl (C=O) groups is 1. The molecule has 0 spiro atoms. The van der Waals surface area contributed by atoms with Gasteiger partial charge in [-0.1, -0.05) is 0 Å². The zero-order valence-electron chi connectivity index (χ0n) is 6.97. The average molecular weight is 170 g/mol. The Morgan fingerprint density at radius 2 is 2.17 bits per heavy atom. The Labute approximate surface area is 71.9 Å². The quantitative estimate of drug-likeness (QED) is 0.471. The number of unbranched alkanes of at least 4 members (excludes halogenated alkanes) is 1. The summed E-state index contributed by atoms with van der Waals surface area (Å²) in [6, 6.07) is 1.54. The molecule has 0 aromatic carbocycles. The van der Waals surface area contributed by atoms with E-state index < -0.39 is 6.03 Å². The highest BCUT2D eigenvalue weighted by molar-refractivity contribution is 5.71. The van der Waals surface area contributed by atoms with Crippen molar-refractivity contribution in [2.45, 2.75) is 12.8 Å². The molecule has 0 saturated carbocycles. The van der Waals surface area contributed by atoms with Crippen LogP contribution >= 0.6 is 0 Å². The second-order valence-corrected chi connectivity index (χ2v) is 2.30. The lowest BCUT2D eigenvalue weighted by Gasteiger charge is -2.02. The number of hydrogen-bond acceptors (Lipinski definition) is 3. The van der Waals surface area contributed by atoms with E-state index in [9.17, 15) is 4.79 Å². The van der Waals surface area contributed by atoms with Gasteiger partial charge >= 0.3 is 6.03 Å². The molecule has 0 heterocycles. The van der Waals surface area contributed by atoms with Gasteiger partial charge in [0.2, 0.25) is 0 Å². The number of rotatable bonds is 6. The van der Waals surface area contributed by atoms with Gasteiger partial charge in [-0.25, -0.2) is 4.79 Å². The summed E-state index contributed by atoms with van der Waals surface area (Å²) in [5, 5.41) is 13.7. The third kappa shape index (κ3) is 8.72. The lowest BCUT2D eigenvalue weighted by atomic mass is 10.3. The topological polar surface area (TPSA) is 90.9 Å². The summed E-state index contributed by atoms with van der Waals surface area (Å²) in [6.45, 7) is 2.02. The van der Waals surface area contributed by atoms with Crippen LogP contribution in [-0.2, 0) is 0 Å². The van der Waals surface area contributed by atoms with Gasteiger partial charge in [0.15, 0.2) is 0 Å². The Balaban J connectivity index is 2.92. The van der Waals surface area contributed by atoms with Crippen molar-refractivity contribution in [3.8, 4) is 6.07 Å². The molecule has 5 nitrogen and oxygen atoms in total. The molecule has 12 heavy (non-hydrogen) atoms. The van der Waals surface area contributed by atoms with Gasteiger partial charge in [0.25, 0.3) is 0 Å². The lowest BCUT2D eigenvalue weighted by Crippen LogP contribution is -2.35. The van der Waals surface area contributed by atoms with E-state index in [1.807, 2.05) is 6.07 Å². The van der Waals surface area contributed by atoms with Crippen LogP contribution in [0.2, 0.25) is 0 Å². The third-order valence-corrected chi connectivity index (χ3v) is 1.24. The van der Waals surface area contributed by atoms with Gasteiger partial charge in [-0.05, 0) is 13.0 Å². The average Bonchev–Trinajstić information content (AvgIpc) is 2.02. The number of urea groups is 1. The number of nitriles is 1. The fraction of sp³-hybridized carbons (Fsp3) is 0.714. The molecule has 5 heteroatoms. The highest BCUT2D eigenvalue weighted by Crippen LogP contribution is 1.81. The van der Waals surface area contributed by atoms with Gasteiger partial charge in [-0.15, -0.1) is 0 Å². The predicted octanol–water partition coefficient (Wildman–Crippen LogP) is -0.452. The highest BCUT2D eigenvalue weighted by atomic mass is 16.2. The van der Waals surface area contributed by atoms with E-state index in [1.165, 1.54) is 0 Å². The molecule has 2 amide bonds. The SMILES string of the molecule is N#CCCCNCCNC(N)=O. The van der Waals surface area contributed by atoms with Crippen LogP contribution in [0.25, 0.3) is 0 Å². The maximum absolute atomic E-state index is 10.2. The van der Waals surface area contributed by atoms with Gasteiger partial charge in [0.1, 0.15) is 0 Å². The zero-order valence-corrected chi connectivity index (χ0v) is 6.97. The molecule has 0 rings (SSSR count). The summed E-state index contributed by atoms with van der Waals surface area (Å²) in [4.78, 5) is 10.2. The van der Waals surface area contributed by atoms with Crippen LogP contribution in [0.15, 0.2) is 0 Å². The summed E-state index contributed by atoms with van der Waals surface area (Å²) < 4.78 is 0. The Hall–Kier alpha value is -1.28. The Kier molecular flexibility index (Phi) is 6.99. The maximum atomic E-state index is 10.2. The number of amides is 2. The number of nitrogens with two attached hydrogens (primary N) is 1. The molecule has 0 atom stereocenters. The first kappa shape index (κ1) is 10.7. The molecule has 0 aromatic heterocycles. The normalized spacial score (nSPS) is 8.92. The minimum atomic E-state index is -0.506. The number of carbonyl (C=O) groups excluding carboxylic acids is 1. The van der Waals surface area contributed by atoms with Crippen LogP contribution in [0.5, 0.6) is 0 Å². The van der Waals surface area contributed by atoms with Gasteiger partial charge in [-0.2, -0.15) is 5.26 Å². The van der Waals surface area contributed by atoms with Crippen molar-refractivity contribution in [1.82, 2.24) is 10.6 Å². The first-order chi connectivity index (χ1) is 5.77. The standard InChI is InChI=1S/C7H14N4O/c8-3-1-2-4-10-5-6-11-7(9)12/h10H,1-2,4-6H2,(H3,9,11,12). The summed E-state index contributed by atoms with van der Waals surface area (Å²) in [6.07, 6.45) is 1.41. The Morgan fingerprint density at radius 1 is 1.42 bits per heavy atom. The lowest BCUT2D eigenvalue weighted by molar-refractivity contribution is 0.249. The van der Waals surface area contributed by atoms with Gasteiger partial charge in [0, 0.05) is 19.5 Å². The molecule has 0 aliphatic rings. The molecule has 0 radical (unpaired) electrons. The van der Waals surface area contributed by atoms with Crippen molar-refractivity contribution in [3.05, 3.63) is 0 Å². The summed E-state index contributed by atoms with van der Waals surface area (Å²) >= 11 is 0. The number of nitrogens with one attached hydrogen (secondary N) is 2. The molecule has 0 aliphatic carbocycles. The van der Waals surface area contributed by atoms with Crippen LogP contribution in [0.1, 0.15) is 12.8 Å². The van der Waals surface area contributed by atoms with Gasteiger partial charge in [0.05, 0.1) is 6.07 Å².